The van der Waals surface area contributed by atoms with Crippen LogP contribution in [0.3, 0.4) is 0 Å². The Balaban J connectivity index is 2.16. The van der Waals surface area contributed by atoms with Gasteiger partial charge >= 0.3 is 0 Å². The minimum atomic E-state index is 0.0462. The maximum atomic E-state index is 3.52. The van der Waals surface area contributed by atoms with Gasteiger partial charge in [0.1, 0.15) is 6.04 Å². The molecule has 0 saturated heterocycles. The van der Waals surface area contributed by atoms with E-state index in [0.29, 0.717) is 0 Å². The standard InChI is InChI=1S/C20H23N/c1-3-4-5-9-12-20(18-15-13-17(2)14-16-18)21-19-10-7-6-8-11-19/h6-8,10-11,13-16,20-21H,3-5H2,1-2H3/t20-/m0/s1. The summed E-state index contributed by atoms with van der Waals surface area (Å²) in [5.74, 6) is 6.68. The van der Waals surface area contributed by atoms with Crippen LogP contribution in [0.4, 0.5) is 5.69 Å². The van der Waals surface area contributed by atoms with E-state index in [0.717, 1.165) is 12.1 Å². The lowest BCUT2D eigenvalue weighted by molar-refractivity contribution is 0.826. The first-order chi connectivity index (χ1) is 10.3. The monoisotopic (exact) mass is 277 g/mol. The molecule has 0 aliphatic carbocycles. The highest BCUT2D eigenvalue weighted by Gasteiger charge is 2.07. The summed E-state index contributed by atoms with van der Waals surface area (Å²) in [4.78, 5) is 0. The maximum absolute atomic E-state index is 3.52. The molecule has 0 bridgehead atoms. The van der Waals surface area contributed by atoms with Gasteiger partial charge < -0.3 is 5.32 Å². The van der Waals surface area contributed by atoms with Gasteiger partial charge in [-0.2, -0.15) is 0 Å². The average molecular weight is 277 g/mol. The molecule has 0 aliphatic rings. The zero-order valence-corrected chi connectivity index (χ0v) is 12.9. The van der Waals surface area contributed by atoms with Crippen LogP contribution in [0.15, 0.2) is 54.6 Å². The predicted octanol–water partition coefficient (Wildman–Crippen LogP) is 5.34. The van der Waals surface area contributed by atoms with E-state index in [9.17, 15) is 0 Å². The van der Waals surface area contributed by atoms with E-state index >= 15 is 0 Å². The number of para-hydroxylation sites is 1. The predicted molar refractivity (Wildman–Crippen MR) is 91.3 cm³/mol. The van der Waals surface area contributed by atoms with E-state index in [4.69, 9.17) is 0 Å². The van der Waals surface area contributed by atoms with E-state index in [1.807, 2.05) is 18.2 Å². The number of benzene rings is 2. The van der Waals surface area contributed by atoms with Crippen molar-refractivity contribution in [1.82, 2.24) is 0 Å². The molecule has 2 aromatic rings. The Morgan fingerprint density at radius 3 is 2.38 bits per heavy atom. The molecule has 1 heteroatoms. The molecule has 108 valence electrons. The second-order valence-electron chi connectivity index (χ2n) is 5.28. The van der Waals surface area contributed by atoms with Crippen molar-refractivity contribution in [3.05, 3.63) is 65.7 Å². The summed E-state index contributed by atoms with van der Waals surface area (Å²) >= 11 is 0. The van der Waals surface area contributed by atoms with Crippen molar-refractivity contribution < 1.29 is 0 Å². The second-order valence-corrected chi connectivity index (χ2v) is 5.28. The van der Waals surface area contributed by atoms with Gasteiger partial charge in [0, 0.05) is 12.1 Å². The van der Waals surface area contributed by atoms with Gasteiger partial charge in [-0.05, 0) is 31.0 Å². The normalized spacial score (nSPS) is 11.3. The Hall–Kier alpha value is -2.20. The van der Waals surface area contributed by atoms with Gasteiger partial charge in [0.25, 0.3) is 0 Å². The van der Waals surface area contributed by atoms with Crippen LogP contribution in [-0.2, 0) is 0 Å². The van der Waals surface area contributed by atoms with Crippen molar-refractivity contribution >= 4 is 5.69 Å². The highest BCUT2D eigenvalue weighted by atomic mass is 14.9. The van der Waals surface area contributed by atoms with Gasteiger partial charge in [0.2, 0.25) is 0 Å². The van der Waals surface area contributed by atoms with Crippen LogP contribution >= 0.6 is 0 Å². The van der Waals surface area contributed by atoms with Crippen molar-refractivity contribution in [3.63, 3.8) is 0 Å². The van der Waals surface area contributed by atoms with Crippen LogP contribution in [-0.4, -0.2) is 0 Å². The minimum absolute atomic E-state index is 0.0462. The molecule has 0 heterocycles. The maximum Gasteiger partial charge on any atom is 0.113 e. The third-order valence-electron chi connectivity index (χ3n) is 3.40. The fourth-order valence-electron chi connectivity index (χ4n) is 2.10. The Bertz CT molecular complexity index is 587. The molecule has 1 atom stereocenters. The zero-order valence-electron chi connectivity index (χ0n) is 12.9. The van der Waals surface area contributed by atoms with Gasteiger partial charge in [0.05, 0.1) is 0 Å². The quantitative estimate of drug-likeness (QED) is 0.574. The van der Waals surface area contributed by atoms with Gasteiger partial charge in [-0.1, -0.05) is 67.3 Å². The van der Waals surface area contributed by atoms with Gasteiger partial charge in [-0.15, -0.1) is 5.92 Å². The topological polar surface area (TPSA) is 12.0 Å². The first-order valence-corrected chi connectivity index (χ1v) is 7.66. The summed E-state index contributed by atoms with van der Waals surface area (Å²) in [6, 6.07) is 18.9. The third kappa shape index (κ3) is 5.00. The molecule has 0 unspecified atom stereocenters. The highest BCUT2D eigenvalue weighted by molar-refractivity contribution is 5.48. The van der Waals surface area contributed by atoms with Crippen molar-refractivity contribution in [3.8, 4) is 11.8 Å². The molecule has 0 aliphatic heterocycles. The summed E-state index contributed by atoms with van der Waals surface area (Å²) in [6.07, 6.45) is 3.32. The summed E-state index contributed by atoms with van der Waals surface area (Å²) in [5.41, 5.74) is 3.59. The molecule has 0 fully saturated rings. The molecule has 0 amide bonds. The third-order valence-corrected chi connectivity index (χ3v) is 3.40. The van der Waals surface area contributed by atoms with Crippen LogP contribution < -0.4 is 5.32 Å². The number of nitrogens with one attached hydrogen (secondary N) is 1. The van der Waals surface area contributed by atoms with E-state index in [2.05, 4.69) is 67.4 Å². The fraction of sp³-hybridized carbons (Fsp3) is 0.300. The van der Waals surface area contributed by atoms with Gasteiger partial charge in [-0.3, -0.25) is 0 Å². The lowest BCUT2D eigenvalue weighted by Crippen LogP contribution is -2.08. The molecule has 0 spiro atoms. The van der Waals surface area contributed by atoms with Crippen molar-refractivity contribution in [1.29, 1.82) is 0 Å². The number of rotatable bonds is 5. The molecule has 0 radical (unpaired) electrons. The van der Waals surface area contributed by atoms with E-state index in [1.54, 1.807) is 0 Å². The smallest absolute Gasteiger partial charge is 0.113 e. The molecule has 1 N–H and O–H groups in total. The number of hydrogen-bond acceptors (Lipinski definition) is 1. The van der Waals surface area contributed by atoms with Crippen molar-refractivity contribution in [2.45, 2.75) is 39.2 Å². The SMILES string of the molecule is CCCCC#C[C@H](Nc1ccccc1)c1ccc(C)cc1. The Kier molecular flexibility index (Phi) is 5.91. The molecule has 2 rings (SSSR count). The number of hydrogen-bond donors (Lipinski definition) is 1. The van der Waals surface area contributed by atoms with Crippen molar-refractivity contribution in [2.75, 3.05) is 5.32 Å². The summed E-state index contributed by atoms with van der Waals surface area (Å²) in [5, 5.41) is 3.52. The first-order valence-electron chi connectivity index (χ1n) is 7.66. The minimum Gasteiger partial charge on any atom is -0.368 e. The lowest BCUT2D eigenvalue weighted by Gasteiger charge is -2.15. The molecule has 0 aromatic heterocycles. The summed E-state index contributed by atoms with van der Waals surface area (Å²) in [6.45, 7) is 4.30. The summed E-state index contributed by atoms with van der Waals surface area (Å²) < 4.78 is 0. The number of anilines is 1. The van der Waals surface area contributed by atoms with Gasteiger partial charge in [0.15, 0.2) is 0 Å². The first kappa shape index (κ1) is 15.2. The van der Waals surface area contributed by atoms with E-state index in [1.165, 1.54) is 24.0 Å². The Morgan fingerprint density at radius 1 is 1.00 bits per heavy atom. The van der Waals surface area contributed by atoms with Crippen LogP contribution in [0.2, 0.25) is 0 Å². The number of aryl methyl sites for hydroxylation is 1. The Morgan fingerprint density at radius 2 is 1.71 bits per heavy atom. The van der Waals surface area contributed by atoms with E-state index < -0.39 is 0 Å². The number of unbranched alkanes of at least 4 members (excludes halogenated alkanes) is 2. The van der Waals surface area contributed by atoms with Crippen LogP contribution in [0, 0.1) is 18.8 Å². The molecule has 0 saturated carbocycles. The van der Waals surface area contributed by atoms with Crippen LogP contribution in [0.5, 0.6) is 0 Å². The average Bonchev–Trinajstić information content (AvgIpc) is 2.52. The summed E-state index contributed by atoms with van der Waals surface area (Å²) in [7, 11) is 0. The fourth-order valence-corrected chi connectivity index (χ4v) is 2.10. The largest absolute Gasteiger partial charge is 0.368 e. The van der Waals surface area contributed by atoms with Crippen LogP contribution in [0.25, 0.3) is 0 Å². The van der Waals surface area contributed by atoms with E-state index in [-0.39, 0.29) is 6.04 Å². The lowest BCUT2D eigenvalue weighted by atomic mass is 10.0. The molecule has 21 heavy (non-hydrogen) atoms. The van der Waals surface area contributed by atoms with Gasteiger partial charge in [-0.25, -0.2) is 0 Å². The Labute approximate surface area is 128 Å². The molecular weight excluding hydrogens is 254 g/mol. The molecule has 1 nitrogen and oxygen atoms in total. The highest BCUT2D eigenvalue weighted by Crippen LogP contribution is 2.19. The molecular formula is C20H23N. The second kappa shape index (κ2) is 8.17. The van der Waals surface area contributed by atoms with Crippen LogP contribution in [0.1, 0.15) is 43.4 Å². The molecule has 2 aromatic carbocycles. The zero-order chi connectivity index (χ0) is 14.9. The van der Waals surface area contributed by atoms with Crippen molar-refractivity contribution in [2.24, 2.45) is 0 Å².